The Labute approximate surface area is 151 Å². The molecule has 0 bridgehead atoms. The number of carboxylic acid groups (broad SMARTS) is 1. The molecule has 2 saturated heterocycles. The first-order chi connectivity index (χ1) is 12.2. The van der Waals surface area contributed by atoms with Crippen LogP contribution in [0.15, 0.2) is 0 Å². The average Bonchev–Trinajstić information content (AvgIpc) is 3.26. The number of hydrogen-bond donors (Lipinski definition) is 4. The summed E-state index contributed by atoms with van der Waals surface area (Å²) >= 11 is 0. The zero-order valence-corrected chi connectivity index (χ0v) is 14.8. The van der Waals surface area contributed by atoms with E-state index in [1.165, 1.54) is 16.7 Å². The molecule has 146 valence electrons. The number of aliphatic carboxylic acids is 1. The number of aliphatic hydroxyl groups excluding tert-OH is 1. The second-order valence-corrected chi connectivity index (χ2v) is 6.76. The number of carboxylic acids is 1. The van der Waals surface area contributed by atoms with E-state index >= 15 is 0 Å². The highest BCUT2D eigenvalue weighted by Crippen LogP contribution is 2.24. The van der Waals surface area contributed by atoms with E-state index in [2.05, 4.69) is 5.32 Å². The third kappa shape index (κ3) is 4.31. The highest BCUT2D eigenvalue weighted by Gasteiger charge is 2.42. The zero-order chi connectivity index (χ0) is 19.4. The van der Waals surface area contributed by atoms with Crippen molar-refractivity contribution in [2.45, 2.75) is 56.8 Å². The van der Waals surface area contributed by atoms with Gasteiger partial charge in [0.1, 0.15) is 18.1 Å². The van der Waals surface area contributed by atoms with Gasteiger partial charge in [0.15, 0.2) is 0 Å². The Balaban J connectivity index is 1.96. The second-order valence-electron chi connectivity index (χ2n) is 6.76. The lowest BCUT2D eigenvalue weighted by molar-refractivity contribution is -0.151. The number of hydrogen-bond acceptors (Lipinski definition) is 6. The number of nitrogens with one attached hydrogen (secondary N) is 1. The van der Waals surface area contributed by atoms with Gasteiger partial charge in [-0.2, -0.15) is 0 Å². The van der Waals surface area contributed by atoms with Crippen LogP contribution in [0.3, 0.4) is 0 Å². The number of amides is 3. The summed E-state index contributed by atoms with van der Waals surface area (Å²) in [6, 6.07) is -2.69. The number of nitrogens with zero attached hydrogens (tertiary/aromatic N) is 2. The molecule has 2 aliphatic rings. The van der Waals surface area contributed by atoms with Gasteiger partial charge in [0.05, 0.1) is 12.6 Å². The Morgan fingerprint density at radius 2 is 1.69 bits per heavy atom. The number of carbonyl (C=O) groups is 4. The van der Waals surface area contributed by atoms with Crippen LogP contribution in [-0.4, -0.2) is 87.6 Å². The Bertz CT molecular complexity index is 581. The van der Waals surface area contributed by atoms with Crippen LogP contribution in [0.4, 0.5) is 0 Å². The number of aliphatic hydroxyl groups is 1. The van der Waals surface area contributed by atoms with Gasteiger partial charge in [0.25, 0.3) is 0 Å². The van der Waals surface area contributed by atoms with E-state index in [-0.39, 0.29) is 12.5 Å². The summed E-state index contributed by atoms with van der Waals surface area (Å²) in [6.07, 6.45) is 1.09. The van der Waals surface area contributed by atoms with E-state index in [9.17, 15) is 29.4 Å². The first-order valence-electron chi connectivity index (χ1n) is 8.78. The molecule has 0 saturated carbocycles. The maximum absolute atomic E-state index is 12.7. The normalized spacial score (nSPS) is 25.0. The number of nitrogens with two attached hydrogens (primary N) is 1. The van der Waals surface area contributed by atoms with Gasteiger partial charge in [-0.25, -0.2) is 4.79 Å². The topological polar surface area (TPSA) is 153 Å². The molecular formula is C16H26N4O6. The van der Waals surface area contributed by atoms with Crippen LogP contribution in [0.2, 0.25) is 0 Å². The maximum atomic E-state index is 12.7. The van der Waals surface area contributed by atoms with Crippen LogP contribution in [0.1, 0.15) is 32.6 Å². The van der Waals surface area contributed by atoms with Gasteiger partial charge in [0, 0.05) is 13.1 Å². The van der Waals surface area contributed by atoms with E-state index in [1.54, 1.807) is 0 Å². The fourth-order valence-corrected chi connectivity index (χ4v) is 3.40. The molecule has 0 aromatic heterocycles. The minimum atomic E-state index is -1.14. The maximum Gasteiger partial charge on any atom is 0.326 e. The van der Waals surface area contributed by atoms with Gasteiger partial charge in [-0.3, -0.25) is 14.4 Å². The number of carbonyl (C=O) groups excluding carboxylic acids is 3. The minimum absolute atomic E-state index is 0.328. The van der Waals surface area contributed by atoms with Crippen molar-refractivity contribution in [3.05, 3.63) is 0 Å². The molecule has 2 aliphatic heterocycles. The summed E-state index contributed by atoms with van der Waals surface area (Å²) in [5.74, 6) is -2.47. The monoisotopic (exact) mass is 370 g/mol. The van der Waals surface area contributed by atoms with E-state index in [4.69, 9.17) is 5.73 Å². The molecule has 3 amide bonds. The predicted molar refractivity (Wildman–Crippen MR) is 89.8 cm³/mol. The second kappa shape index (κ2) is 8.45. The van der Waals surface area contributed by atoms with Crippen molar-refractivity contribution in [1.29, 1.82) is 0 Å². The lowest BCUT2D eigenvalue weighted by atomic mass is 10.1. The Kier molecular flexibility index (Phi) is 6.54. The lowest BCUT2D eigenvalue weighted by Gasteiger charge is -2.30. The van der Waals surface area contributed by atoms with Crippen molar-refractivity contribution < 1.29 is 29.4 Å². The molecule has 10 heteroatoms. The SMILES string of the molecule is CC(O)C(N)C(=O)NCC(=O)N1CCCC1C(=O)N1CCCC1C(=O)O. The van der Waals surface area contributed by atoms with Crippen molar-refractivity contribution in [1.82, 2.24) is 15.1 Å². The van der Waals surface area contributed by atoms with Crippen molar-refractivity contribution in [3.8, 4) is 0 Å². The van der Waals surface area contributed by atoms with Crippen LogP contribution in [-0.2, 0) is 19.2 Å². The molecule has 0 aromatic carbocycles. The van der Waals surface area contributed by atoms with Gasteiger partial charge in [-0.1, -0.05) is 0 Å². The van der Waals surface area contributed by atoms with Crippen molar-refractivity contribution in [3.63, 3.8) is 0 Å². The molecule has 10 nitrogen and oxygen atoms in total. The molecule has 0 radical (unpaired) electrons. The summed E-state index contributed by atoms with van der Waals surface area (Å²) < 4.78 is 0. The van der Waals surface area contributed by atoms with E-state index in [1.807, 2.05) is 0 Å². The highest BCUT2D eigenvalue weighted by atomic mass is 16.4. The van der Waals surface area contributed by atoms with E-state index < -0.39 is 42.0 Å². The summed E-state index contributed by atoms with van der Waals surface area (Å²) in [4.78, 5) is 50.9. The number of rotatable bonds is 6. The molecule has 2 rings (SSSR count). The van der Waals surface area contributed by atoms with E-state index in [0.717, 1.165) is 0 Å². The smallest absolute Gasteiger partial charge is 0.326 e. The highest BCUT2D eigenvalue weighted by molar-refractivity contribution is 5.93. The first kappa shape index (κ1) is 20.1. The molecule has 2 fully saturated rings. The molecule has 0 aliphatic carbocycles. The molecular weight excluding hydrogens is 344 g/mol. The van der Waals surface area contributed by atoms with Crippen LogP contribution in [0.5, 0.6) is 0 Å². The quantitative estimate of drug-likeness (QED) is 0.417. The average molecular weight is 370 g/mol. The molecule has 4 atom stereocenters. The van der Waals surface area contributed by atoms with Gasteiger partial charge in [-0.05, 0) is 32.6 Å². The van der Waals surface area contributed by atoms with Crippen LogP contribution in [0, 0.1) is 0 Å². The predicted octanol–water partition coefficient (Wildman–Crippen LogP) is -2.12. The third-order valence-corrected chi connectivity index (χ3v) is 4.92. The Hall–Kier alpha value is -2.20. The van der Waals surface area contributed by atoms with E-state index in [0.29, 0.717) is 38.8 Å². The van der Waals surface area contributed by atoms with Crippen LogP contribution < -0.4 is 11.1 Å². The van der Waals surface area contributed by atoms with Crippen molar-refractivity contribution in [2.24, 2.45) is 5.73 Å². The molecule has 0 spiro atoms. The van der Waals surface area contributed by atoms with Crippen LogP contribution >= 0.6 is 0 Å². The molecule has 26 heavy (non-hydrogen) atoms. The molecule has 0 aromatic rings. The largest absolute Gasteiger partial charge is 0.480 e. The molecule has 2 heterocycles. The third-order valence-electron chi connectivity index (χ3n) is 4.92. The van der Waals surface area contributed by atoms with Gasteiger partial charge >= 0.3 is 5.97 Å². The lowest BCUT2D eigenvalue weighted by Crippen LogP contribution is -2.54. The molecule has 5 N–H and O–H groups in total. The summed E-state index contributed by atoms with van der Waals surface area (Å²) in [6.45, 7) is 1.79. The Morgan fingerprint density at radius 3 is 2.27 bits per heavy atom. The summed E-state index contributed by atoms with van der Waals surface area (Å²) in [7, 11) is 0. The zero-order valence-electron chi connectivity index (χ0n) is 14.8. The van der Waals surface area contributed by atoms with Crippen LogP contribution in [0.25, 0.3) is 0 Å². The van der Waals surface area contributed by atoms with Gasteiger partial charge < -0.3 is 31.1 Å². The molecule has 4 unspecified atom stereocenters. The minimum Gasteiger partial charge on any atom is -0.480 e. The number of likely N-dealkylation sites (tertiary alicyclic amines) is 2. The fraction of sp³-hybridized carbons (Fsp3) is 0.750. The fourth-order valence-electron chi connectivity index (χ4n) is 3.40. The van der Waals surface area contributed by atoms with Gasteiger partial charge in [0.2, 0.25) is 17.7 Å². The standard InChI is InChI=1S/C16H26N4O6/c1-9(21)13(17)14(23)18-8-12(22)19-6-2-4-10(19)15(24)20-7-3-5-11(20)16(25)26/h9-11,13,21H,2-8,17H2,1H3,(H,18,23)(H,25,26). The van der Waals surface area contributed by atoms with Crippen molar-refractivity contribution >= 4 is 23.7 Å². The first-order valence-corrected chi connectivity index (χ1v) is 8.78. The summed E-state index contributed by atoms with van der Waals surface area (Å²) in [5, 5.41) is 20.9. The Morgan fingerprint density at radius 1 is 1.12 bits per heavy atom. The van der Waals surface area contributed by atoms with Gasteiger partial charge in [-0.15, -0.1) is 0 Å². The summed E-state index contributed by atoms with van der Waals surface area (Å²) in [5.41, 5.74) is 5.50. The van der Waals surface area contributed by atoms with Crippen molar-refractivity contribution in [2.75, 3.05) is 19.6 Å².